The monoisotopic (exact) mass is 267 g/mol. The standard InChI is InChI=1S/C13H21N3O3/c1-5-11(17)9(2)6-13(4,8-14)12(15)16-7-10(3)19-18/h9,18H,3,5-7H2,1-2,4H3,(H2,15,16). The molecule has 0 aliphatic heterocycles. The predicted molar refractivity (Wildman–Crippen MR) is 72.1 cm³/mol. The second-order valence-corrected chi connectivity index (χ2v) is 4.70. The molecule has 0 fully saturated rings. The molecule has 0 bridgehead atoms. The number of carbonyl (C=O) groups excluding carboxylic acids is 1. The van der Waals surface area contributed by atoms with Crippen molar-refractivity contribution in [1.82, 2.24) is 0 Å². The van der Waals surface area contributed by atoms with Crippen molar-refractivity contribution in [1.29, 1.82) is 5.26 Å². The predicted octanol–water partition coefficient (Wildman–Crippen LogP) is 1.88. The fourth-order valence-electron chi connectivity index (χ4n) is 1.66. The van der Waals surface area contributed by atoms with Gasteiger partial charge in [-0.05, 0) is 13.3 Å². The first-order valence-electron chi connectivity index (χ1n) is 6.04. The molecule has 0 saturated heterocycles. The summed E-state index contributed by atoms with van der Waals surface area (Å²) in [6.07, 6.45) is 0.729. The summed E-state index contributed by atoms with van der Waals surface area (Å²) >= 11 is 0. The van der Waals surface area contributed by atoms with Crippen LogP contribution in [0.5, 0.6) is 0 Å². The smallest absolute Gasteiger partial charge is 0.156 e. The first kappa shape index (κ1) is 17.1. The molecule has 19 heavy (non-hydrogen) atoms. The summed E-state index contributed by atoms with van der Waals surface area (Å²) in [5, 5.41) is 17.6. The molecule has 0 amide bonds. The largest absolute Gasteiger partial charge is 0.386 e. The third-order valence-corrected chi connectivity index (χ3v) is 2.98. The van der Waals surface area contributed by atoms with Gasteiger partial charge < -0.3 is 10.6 Å². The third-order valence-electron chi connectivity index (χ3n) is 2.98. The minimum atomic E-state index is -1.03. The number of hydrogen-bond acceptors (Lipinski definition) is 5. The molecule has 0 rings (SSSR count). The Balaban J connectivity index is 4.91. The number of amidine groups is 1. The third kappa shape index (κ3) is 5.10. The summed E-state index contributed by atoms with van der Waals surface area (Å²) in [6.45, 7) is 8.53. The van der Waals surface area contributed by atoms with Crippen molar-refractivity contribution in [3.63, 3.8) is 0 Å². The van der Waals surface area contributed by atoms with Crippen molar-refractivity contribution in [2.75, 3.05) is 6.54 Å². The Morgan fingerprint density at radius 2 is 2.26 bits per heavy atom. The van der Waals surface area contributed by atoms with Crippen molar-refractivity contribution in [3.05, 3.63) is 12.3 Å². The zero-order chi connectivity index (χ0) is 15.1. The van der Waals surface area contributed by atoms with Crippen molar-refractivity contribution >= 4 is 11.6 Å². The van der Waals surface area contributed by atoms with E-state index in [0.717, 1.165) is 0 Å². The second-order valence-electron chi connectivity index (χ2n) is 4.70. The fourth-order valence-corrected chi connectivity index (χ4v) is 1.66. The Bertz CT molecular complexity index is 412. The highest BCUT2D eigenvalue weighted by Gasteiger charge is 2.32. The summed E-state index contributed by atoms with van der Waals surface area (Å²) in [4.78, 5) is 19.4. The molecule has 2 unspecified atom stereocenters. The summed E-state index contributed by atoms with van der Waals surface area (Å²) < 4.78 is 0. The lowest BCUT2D eigenvalue weighted by Gasteiger charge is -2.24. The molecule has 0 spiro atoms. The average Bonchev–Trinajstić information content (AvgIpc) is 2.42. The highest BCUT2D eigenvalue weighted by molar-refractivity contribution is 5.90. The highest BCUT2D eigenvalue weighted by atomic mass is 17.1. The van der Waals surface area contributed by atoms with Crippen molar-refractivity contribution in [3.8, 4) is 6.07 Å². The van der Waals surface area contributed by atoms with Gasteiger partial charge >= 0.3 is 0 Å². The normalized spacial score (nSPS) is 16.1. The van der Waals surface area contributed by atoms with Gasteiger partial charge in [-0.2, -0.15) is 5.26 Å². The number of ketones is 1. The summed E-state index contributed by atoms with van der Waals surface area (Å²) in [7, 11) is 0. The van der Waals surface area contributed by atoms with Gasteiger partial charge in [-0.1, -0.05) is 20.4 Å². The Morgan fingerprint density at radius 1 is 1.68 bits per heavy atom. The van der Waals surface area contributed by atoms with Gasteiger partial charge in [0.1, 0.15) is 23.6 Å². The number of Topliss-reactive ketones (excluding diaryl/α,β-unsaturated/α-hetero) is 1. The molecule has 0 aromatic heterocycles. The average molecular weight is 267 g/mol. The Kier molecular flexibility index (Phi) is 6.80. The quantitative estimate of drug-likeness (QED) is 0.229. The number of nitriles is 1. The molecule has 0 aliphatic rings. The van der Waals surface area contributed by atoms with E-state index in [9.17, 15) is 10.1 Å². The van der Waals surface area contributed by atoms with E-state index in [-0.39, 0.29) is 29.8 Å². The minimum absolute atomic E-state index is 0.0286. The molecular weight excluding hydrogens is 246 g/mol. The molecule has 6 heteroatoms. The molecule has 0 saturated carbocycles. The number of nitrogens with two attached hydrogens (primary N) is 1. The summed E-state index contributed by atoms with van der Waals surface area (Å²) in [5.41, 5.74) is 4.77. The number of rotatable bonds is 8. The number of nitrogens with zero attached hydrogens (tertiary/aromatic N) is 2. The molecule has 3 N–H and O–H groups in total. The molecule has 6 nitrogen and oxygen atoms in total. The maximum atomic E-state index is 11.6. The van der Waals surface area contributed by atoms with Gasteiger partial charge in [-0.25, -0.2) is 5.26 Å². The molecular formula is C13H21N3O3. The van der Waals surface area contributed by atoms with Crippen LogP contribution in [0.3, 0.4) is 0 Å². The molecule has 0 aliphatic carbocycles. The van der Waals surface area contributed by atoms with E-state index in [1.54, 1.807) is 20.8 Å². The molecule has 0 heterocycles. The van der Waals surface area contributed by atoms with Crippen molar-refractivity contribution in [2.24, 2.45) is 22.1 Å². The maximum absolute atomic E-state index is 11.6. The zero-order valence-corrected chi connectivity index (χ0v) is 11.6. The second kappa shape index (κ2) is 7.54. The van der Waals surface area contributed by atoms with E-state index >= 15 is 0 Å². The van der Waals surface area contributed by atoms with Gasteiger partial charge in [0, 0.05) is 12.3 Å². The Labute approximate surface area is 113 Å². The van der Waals surface area contributed by atoms with Crippen LogP contribution in [0.2, 0.25) is 0 Å². The van der Waals surface area contributed by atoms with Crippen molar-refractivity contribution in [2.45, 2.75) is 33.6 Å². The minimum Gasteiger partial charge on any atom is -0.386 e. The van der Waals surface area contributed by atoms with Crippen LogP contribution in [-0.4, -0.2) is 23.4 Å². The van der Waals surface area contributed by atoms with Gasteiger partial charge in [-0.3, -0.25) is 9.79 Å². The number of carbonyl (C=O) groups is 1. The molecule has 0 aromatic carbocycles. The maximum Gasteiger partial charge on any atom is 0.156 e. The Morgan fingerprint density at radius 3 is 2.68 bits per heavy atom. The first-order chi connectivity index (χ1) is 8.80. The molecule has 2 atom stereocenters. The molecule has 106 valence electrons. The van der Waals surface area contributed by atoms with Crippen LogP contribution in [0.4, 0.5) is 0 Å². The first-order valence-corrected chi connectivity index (χ1v) is 6.04. The molecule has 0 aromatic rings. The summed E-state index contributed by atoms with van der Waals surface area (Å²) in [5.74, 6) is -0.0528. The fraction of sp³-hybridized carbons (Fsp3) is 0.615. The van der Waals surface area contributed by atoms with Gasteiger partial charge in [0.15, 0.2) is 5.76 Å². The SMILES string of the molecule is C=C(CN=C(N)C(C)(C#N)CC(C)C(=O)CC)OO. The lowest BCUT2D eigenvalue weighted by Crippen LogP contribution is -2.36. The molecule has 0 radical (unpaired) electrons. The number of hydrogen-bond donors (Lipinski definition) is 2. The number of aliphatic imine (C=N–C) groups is 1. The van der Waals surface area contributed by atoms with E-state index in [0.29, 0.717) is 12.8 Å². The van der Waals surface area contributed by atoms with Crippen LogP contribution in [0, 0.1) is 22.7 Å². The lowest BCUT2D eigenvalue weighted by atomic mass is 9.80. The van der Waals surface area contributed by atoms with Crippen LogP contribution in [0.15, 0.2) is 17.3 Å². The van der Waals surface area contributed by atoms with E-state index in [1.807, 2.05) is 0 Å². The van der Waals surface area contributed by atoms with Crippen molar-refractivity contribution < 1.29 is 14.9 Å². The van der Waals surface area contributed by atoms with Crippen LogP contribution < -0.4 is 5.73 Å². The Hall–Kier alpha value is -1.87. The zero-order valence-electron chi connectivity index (χ0n) is 11.6. The van der Waals surface area contributed by atoms with Gasteiger partial charge in [0.2, 0.25) is 0 Å². The van der Waals surface area contributed by atoms with E-state index in [2.05, 4.69) is 22.5 Å². The van der Waals surface area contributed by atoms with Gasteiger partial charge in [0.25, 0.3) is 0 Å². The topological polar surface area (TPSA) is 109 Å². The van der Waals surface area contributed by atoms with Crippen LogP contribution in [0.25, 0.3) is 0 Å². The van der Waals surface area contributed by atoms with E-state index in [1.165, 1.54) is 0 Å². The van der Waals surface area contributed by atoms with E-state index < -0.39 is 5.41 Å². The van der Waals surface area contributed by atoms with Crippen LogP contribution >= 0.6 is 0 Å². The van der Waals surface area contributed by atoms with Crippen LogP contribution in [0.1, 0.15) is 33.6 Å². The van der Waals surface area contributed by atoms with Gasteiger partial charge in [0.05, 0.1) is 6.07 Å². The van der Waals surface area contributed by atoms with Crippen LogP contribution in [-0.2, 0) is 9.68 Å². The van der Waals surface area contributed by atoms with E-state index in [4.69, 9.17) is 11.0 Å². The lowest BCUT2D eigenvalue weighted by molar-refractivity contribution is -0.202. The van der Waals surface area contributed by atoms with Gasteiger partial charge in [-0.15, -0.1) is 0 Å². The highest BCUT2D eigenvalue weighted by Crippen LogP contribution is 2.26. The summed E-state index contributed by atoms with van der Waals surface area (Å²) in [6, 6.07) is 2.09.